The molecule has 26 heavy (non-hydrogen) atoms. The summed E-state index contributed by atoms with van der Waals surface area (Å²) in [7, 11) is -4.02. The second-order valence-electron chi connectivity index (χ2n) is 5.78. The molecule has 3 N–H and O–H groups in total. The van der Waals surface area contributed by atoms with Crippen molar-refractivity contribution in [3.63, 3.8) is 0 Å². The lowest BCUT2D eigenvalue weighted by Crippen LogP contribution is -2.31. The first kappa shape index (κ1) is 21.8. The van der Waals surface area contributed by atoms with Gasteiger partial charge in [-0.3, -0.25) is 9.35 Å². The summed E-state index contributed by atoms with van der Waals surface area (Å²) in [6.07, 6.45) is 1.56. The smallest absolute Gasteiger partial charge is 0.323 e. The van der Waals surface area contributed by atoms with Gasteiger partial charge in [-0.25, -0.2) is 0 Å². The van der Waals surface area contributed by atoms with Gasteiger partial charge < -0.3 is 10.5 Å². The van der Waals surface area contributed by atoms with Crippen LogP contribution in [0, 0.1) is 6.92 Å². The van der Waals surface area contributed by atoms with Crippen molar-refractivity contribution in [2.24, 2.45) is 5.73 Å². The van der Waals surface area contributed by atoms with Gasteiger partial charge in [0.25, 0.3) is 10.1 Å². The van der Waals surface area contributed by atoms with Gasteiger partial charge >= 0.3 is 5.97 Å². The third-order valence-corrected chi connectivity index (χ3v) is 4.31. The molecule has 0 saturated carbocycles. The number of rotatable bonds is 6. The van der Waals surface area contributed by atoms with Crippen LogP contribution < -0.4 is 5.73 Å². The van der Waals surface area contributed by atoms with Crippen LogP contribution in [-0.2, 0) is 26.3 Å². The maximum absolute atomic E-state index is 11.4. The van der Waals surface area contributed by atoms with E-state index in [0.717, 1.165) is 17.5 Å². The molecule has 0 bridgehead atoms. The number of carbonyl (C=O) groups is 1. The molecule has 0 heterocycles. The Labute approximate surface area is 154 Å². The zero-order valence-corrected chi connectivity index (χ0v) is 15.8. The first-order valence-corrected chi connectivity index (χ1v) is 9.68. The SMILES string of the molecule is CCCC(N)C(=O)OCc1ccccc1.Cc1ccc(S(=O)(=O)O)cc1. The van der Waals surface area contributed by atoms with E-state index < -0.39 is 16.2 Å². The monoisotopic (exact) mass is 379 g/mol. The van der Waals surface area contributed by atoms with Crippen LogP contribution in [0.1, 0.15) is 30.9 Å². The van der Waals surface area contributed by atoms with Gasteiger partial charge in [-0.1, -0.05) is 61.4 Å². The van der Waals surface area contributed by atoms with Crippen LogP contribution in [0.25, 0.3) is 0 Å². The van der Waals surface area contributed by atoms with Crippen molar-refractivity contribution in [2.45, 2.75) is 44.2 Å². The van der Waals surface area contributed by atoms with Crippen LogP contribution in [-0.4, -0.2) is 25.0 Å². The molecular formula is C19H25NO5S. The van der Waals surface area contributed by atoms with Gasteiger partial charge in [0.2, 0.25) is 0 Å². The van der Waals surface area contributed by atoms with Crippen molar-refractivity contribution < 1.29 is 22.5 Å². The Balaban J connectivity index is 0.000000273. The van der Waals surface area contributed by atoms with Crippen molar-refractivity contribution in [2.75, 3.05) is 0 Å². The van der Waals surface area contributed by atoms with Gasteiger partial charge in [0.1, 0.15) is 12.6 Å². The Morgan fingerprint density at radius 1 is 1.12 bits per heavy atom. The number of benzene rings is 2. The predicted molar refractivity (Wildman–Crippen MR) is 100 cm³/mol. The maximum atomic E-state index is 11.4. The van der Waals surface area contributed by atoms with Gasteiger partial charge in [0, 0.05) is 0 Å². The molecule has 1 atom stereocenters. The average molecular weight is 379 g/mol. The minimum atomic E-state index is -4.02. The van der Waals surface area contributed by atoms with Gasteiger partial charge in [0.05, 0.1) is 4.90 Å². The third-order valence-electron chi connectivity index (χ3n) is 3.45. The first-order valence-electron chi connectivity index (χ1n) is 8.24. The lowest BCUT2D eigenvalue weighted by molar-refractivity contribution is -0.146. The molecule has 0 aromatic heterocycles. The standard InChI is InChI=1S/C12H17NO2.C7H8O3S/c1-2-6-11(13)12(14)15-9-10-7-4-3-5-8-10;1-6-2-4-7(5-3-6)11(8,9)10/h3-5,7-8,11H,2,6,9,13H2,1H3;2-5H,1H3,(H,8,9,10). The Morgan fingerprint density at radius 3 is 2.19 bits per heavy atom. The summed E-state index contributed by atoms with van der Waals surface area (Å²) in [6.45, 7) is 4.13. The zero-order valence-electron chi connectivity index (χ0n) is 15.0. The molecule has 1 unspecified atom stereocenters. The van der Waals surface area contributed by atoms with Crippen LogP contribution in [0.15, 0.2) is 59.5 Å². The van der Waals surface area contributed by atoms with E-state index in [1.165, 1.54) is 12.1 Å². The van der Waals surface area contributed by atoms with Crippen molar-refractivity contribution >= 4 is 16.1 Å². The number of hydrogen-bond donors (Lipinski definition) is 2. The highest BCUT2D eigenvalue weighted by molar-refractivity contribution is 7.85. The number of ether oxygens (including phenoxy) is 1. The second-order valence-corrected chi connectivity index (χ2v) is 7.20. The van der Waals surface area contributed by atoms with E-state index >= 15 is 0 Å². The van der Waals surface area contributed by atoms with E-state index in [9.17, 15) is 13.2 Å². The fourth-order valence-electron chi connectivity index (χ4n) is 1.97. The number of esters is 1. The Bertz CT molecular complexity index is 773. The van der Waals surface area contributed by atoms with Crippen LogP contribution in [0.2, 0.25) is 0 Å². The molecule has 2 aromatic rings. The molecule has 0 aliphatic carbocycles. The van der Waals surface area contributed by atoms with Crippen molar-refractivity contribution in [3.05, 3.63) is 65.7 Å². The maximum Gasteiger partial charge on any atom is 0.323 e. The molecule has 0 aliphatic rings. The van der Waals surface area contributed by atoms with E-state index in [1.807, 2.05) is 44.2 Å². The molecule has 2 aromatic carbocycles. The average Bonchev–Trinajstić information content (AvgIpc) is 2.61. The van der Waals surface area contributed by atoms with Gasteiger partial charge in [0.15, 0.2) is 0 Å². The molecule has 142 valence electrons. The van der Waals surface area contributed by atoms with E-state index in [1.54, 1.807) is 12.1 Å². The highest BCUT2D eigenvalue weighted by Crippen LogP contribution is 2.08. The molecule has 0 saturated heterocycles. The molecule has 0 aliphatic heterocycles. The molecule has 0 radical (unpaired) electrons. The molecule has 6 nitrogen and oxygen atoms in total. The van der Waals surface area contributed by atoms with Crippen LogP contribution in [0.3, 0.4) is 0 Å². The summed E-state index contributed by atoms with van der Waals surface area (Å²) < 4.78 is 34.6. The molecular weight excluding hydrogens is 354 g/mol. The largest absolute Gasteiger partial charge is 0.460 e. The molecule has 7 heteroatoms. The number of nitrogens with two attached hydrogens (primary N) is 1. The quantitative estimate of drug-likeness (QED) is 0.590. The van der Waals surface area contributed by atoms with Crippen LogP contribution in [0.4, 0.5) is 0 Å². The van der Waals surface area contributed by atoms with Gasteiger partial charge in [-0.15, -0.1) is 0 Å². The third kappa shape index (κ3) is 8.24. The van der Waals surface area contributed by atoms with Crippen LogP contribution in [0.5, 0.6) is 0 Å². The Kier molecular flexibility index (Phi) is 8.98. The number of hydrogen-bond acceptors (Lipinski definition) is 5. The number of carbonyl (C=O) groups excluding carboxylic acids is 1. The van der Waals surface area contributed by atoms with Gasteiger partial charge in [-0.2, -0.15) is 8.42 Å². The van der Waals surface area contributed by atoms with E-state index in [4.69, 9.17) is 15.0 Å². The lowest BCUT2D eigenvalue weighted by atomic mass is 10.2. The minimum absolute atomic E-state index is 0.0666. The van der Waals surface area contributed by atoms with E-state index in [2.05, 4.69) is 0 Å². The second kappa shape index (κ2) is 10.7. The summed E-state index contributed by atoms with van der Waals surface area (Å²) in [5, 5.41) is 0. The van der Waals surface area contributed by atoms with Crippen molar-refractivity contribution in [1.29, 1.82) is 0 Å². The highest BCUT2D eigenvalue weighted by Gasteiger charge is 2.13. The lowest BCUT2D eigenvalue weighted by Gasteiger charge is -2.10. The highest BCUT2D eigenvalue weighted by atomic mass is 32.2. The summed E-state index contributed by atoms with van der Waals surface area (Å²) in [5.74, 6) is -0.319. The fourth-order valence-corrected chi connectivity index (χ4v) is 2.45. The summed E-state index contributed by atoms with van der Waals surface area (Å²) in [4.78, 5) is 11.3. The Hall–Kier alpha value is -2.22. The summed E-state index contributed by atoms with van der Waals surface area (Å²) in [5.41, 5.74) is 7.55. The van der Waals surface area contributed by atoms with Crippen molar-refractivity contribution in [1.82, 2.24) is 0 Å². The van der Waals surface area contributed by atoms with E-state index in [-0.39, 0.29) is 10.9 Å². The minimum Gasteiger partial charge on any atom is -0.460 e. The molecule has 0 spiro atoms. The van der Waals surface area contributed by atoms with E-state index in [0.29, 0.717) is 13.0 Å². The number of aryl methyl sites for hydroxylation is 1. The normalized spacial score (nSPS) is 11.8. The zero-order chi connectivity index (χ0) is 19.6. The summed E-state index contributed by atoms with van der Waals surface area (Å²) in [6, 6.07) is 15.1. The topological polar surface area (TPSA) is 107 Å². The Morgan fingerprint density at radius 2 is 1.69 bits per heavy atom. The first-order chi connectivity index (χ1) is 12.2. The molecule has 2 rings (SSSR count). The predicted octanol–water partition coefficient (Wildman–Crippen LogP) is 3.10. The van der Waals surface area contributed by atoms with Crippen LogP contribution >= 0.6 is 0 Å². The fraction of sp³-hybridized carbons (Fsp3) is 0.316. The van der Waals surface area contributed by atoms with Gasteiger partial charge in [-0.05, 0) is 31.0 Å². The van der Waals surface area contributed by atoms with Crippen molar-refractivity contribution in [3.8, 4) is 0 Å². The molecule has 0 amide bonds. The molecule has 0 fully saturated rings. The summed E-state index contributed by atoms with van der Waals surface area (Å²) >= 11 is 0.